The predicted octanol–water partition coefficient (Wildman–Crippen LogP) is -0.0723. The highest BCUT2D eigenvalue weighted by Gasteiger charge is 2.28. The van der Waals surface area contributed by atoms with Gasteiger partial charge in [-0.15, -0.1) is 0 Å². The van der Waals surface area contributed by atoms with Crippen LogP contribution in [-0.4, -0.2) is 31.4 Å². The maximum absolute atomic E-state index is 11.0. The molecule has 0 aromatic rings. The highest BCUT2D eigenvalue weighted by atomic mass is 16.5. The fourth-order valence-electron chi connectivity index (χ4n) is 0.652. The molecule has 0 fully saturated rings. The van der Waals surface area contributed by atoms with Crippen molar-refractivity contribution in [2.75, 3.05) is 13.7 Å². The molecule has 5 nitrogen and oxygen atoms in total. The Labute approximate surface area is 76.0 Å². The second kappa shape index (κ2) is 5.29. The van der Waals surface area contributed by atoms with Crippen LogP contribution in [0.25, 0.3) is 0 Å². The van der Waals surface area contributed by atoms with Gasteiger partial charge in [-0.05, 0) is 13.8 Å². The van der Waals surface area contributed by atoms with Crippen molar-refractivity contribution < 1.29 is 23.9 Å². The monoisotopic (exact) mass is 188 g/mol. The highest BCUT2D eigenvalue weighted by Crippen LogP contribution is 2.01. The van der Waals surface area contributed by atoms with Crippen LogP contribution in [0.1, 0.15) is 13.8 Å². The Hall–Kier alpha value is -1.39. The van der Waals surface area contributed by atoms with E-state index in [9.17, 15) is 14.4 Å². The topological polar surface area (TPSA) is 69.7 Å². The van der Waals surface area contributed by atoms with Crippen LogP contribution >= 0.6 is 0 Å². The molecule has 5 heteroatoms. The van der Waals surface area contributed by atoms with Gasteiger partial charge in [-0.3, -0.25) is 9.59 Å². The molecule has 0 bridgehead atoms. The number of carbonyl (C=O) groups excluding carboxylic acids is 3. The summed E-state index contributed by atoms with van der Waals surface area (Å²) in [5, 5.41) is 0. The summed E-state index contributed by atoms with van der Waals surface area (Å²) < 4.78 is 8.72. The zero-order valence-electron chi connectivity index (χ0n) is 7.83. The lowest BCUT2D eigenvalue weighted by Crippen LogP contribution is -2.30. The van der Waals surface area contributed by atoms with Gasteiger partial charge < -0.3 is 9.47 Å². The van der Waals surface area contributed by atoms with E-state index in [2.05, 4.69) is 9.47 Å². The van der Waals surface area contributed by atoms with Crippen molar-refractivity contribution >= 4 is 17.7 Å². The summed E-state index contributed by atoms with van der Waals surface area (Å²) >= 11 is 0. The number of ketones is 1. The van der Waals surface area contributed by atoms with E-state index in [1.165, 1.54) is 6.92 Å². The predicted molar refractivity (Wildman–Crippen MR) is 42.8 cm³/mol. The molecule has 0 aliphatic heterocycles. The average molecular weight is 188 g/mol. The van der Waals surface area contributed by atoms with Crippen molar-refractivity contribution in [3.8, 4) is 0 Å². The number of carbonyl (C=O) groups is 3. The van der Waals surface area contributed by atoms with Crippen molar-refractivity contribution in [3.05, 3.63) is 0 Å². The largest absolute Gasteiger partial charge is 0.465 e. The van der Waals surface area contributed by atoms with Crippen LogP contribution < -0.4 is 0 Å². The van der Waals surface area contributed by atoms with Gasteiger partial charge in [-0.25, -0.2) is 4.79 Å². The molecule has 0 aliphatic rings. The molecule has 0 aromatic heterocycles. The lowest BCUT2D eigenvalue weighted by atomic mass is 10.1. The number of ether oxygens (including phenoxy) is 2. The van der Waals surface area contributed by atoms with E-state index < -0.39 is 23.6 Å². The average Bonchev–Trinajstić information content (AvgIpc) is 2.14. The van der Waals surface area contributed by atoms with Crippen molar-refractivity contribution in [2.24, 2.45) is 5.92 Å². The third kappa shape index (κ3) is 3.23. The van der Waals surface area contributed by atoms with E-state index in [-0.39, 0.29) is 6.61 Å². The summed E-state index contributed by atoms with van der Waals surface area (Å²) in [6.07, 6.45) is 0. The van der Waals surface area contributed by atoms with Gasteiger partial charge in [0.15, 0.2) is 0 Å². The zero-order chi connectivity index (χ0) is 10.4. The zero-order valence-corrected chi connectivity index (χ0v) is 7.83. The fraction of sp³-hybridized carbons (Fsp3) is 0.625. The van der Waals surface area contributed by atoms with Gasteiger partial charge in [0.1, 0.15) is 5.92 Å². The van der Waals surface area contributed by atoms with Crippen LogP contribution in [0.2, 0.25) is 0 Å². The molecule has 13 heavy (non-hydrogen) atoms. The Kier molecular flexibility index (Phi) is 4.72. The molecule has 74 valence electrons. The SMILES string of the molecule is CCOC(=O)C(C)C(=O)C(=O)OC. The summed E-state index contributed by atoms with van der Waals surface area (Å²) in [6.45, 7) is 3.10. The first-order valence-corrected chi connectivity index (χ1v) is 3.83. The van der Waals surface area contributed by atoms with Crippen LogP contribution in [0.4, 0.5) is 0 Å². The quantitative estimate of drug-likeness (QED) is 0.351. The minimum Gasteiger partial charge on any atom is -0.465 e. The molecular weight excluding hydrogens is 176 g/mol. The van der Waals surface area contributed by atoms with Crippen molar-refractivity contribution in [2.45, 2.75) is 13.8 Å². The van der Waals surface area contributed by atoms with Gasteiger partial charge in [0.05, 0.1) is 13.7 Å². The Morgan fingerprint density at radius 1 is 1.31 bits per heavy atom. The Morgan fingerprint density at radius 2 is 1.85 bits per heavy atom. The van der Waals surface area contributed by atoms with E-state index >= 15 is 0 Å². The molecule has 0 saturated carbocycles. The molecule has 0 amide bonds. The Balaban J connectivity index is 4.25. The maximum Gasteiger partial charge on any atom is 0.375 e. The fourth-order valence-corrected chi connectivity index (χ4v) is 0.652. The normalized spacial score (nSPS) is 11.6. The molecule has 0 rings (SSSR count). The summed E-state index contributed by atoms with van der Waals surface area (Å²) in [6, 6.07) is 0. The molecular formula is C8H12O5. The number of esters is 2. The molecule has 0 aromatic carbocycles. The maximum atomic E-state index is 11.0. The van der Waals surface area contributed by atoms with Crippen molar-refractivity contribution in [3.63, 3.8) is 0 Å². The van der Waals surface area contributed by atoms with Crippen molar-refractivity contribution in [1.82, 2.24) is 0 Å². The minimum atomic E-state index is -1.09. The Morgan fingerprint density at radius 3 is 2.23 bits per heavy atom. The third-order valence-electron chi connectivity index (χ3n) is 1.42. The molecule has 0 spiro atoms. The lowest BCUT2D eigenvalue weighted by Gasteiger charge is -2.07. The second-order valence-corrected chi connectivity index (χ2v) is 2.33. The number of Topliss-reactive ketones (excluding diaryl/α,β-unsaturated/α-hetero) is 1. The molecule has 0 radical (unpaired) electrons. The summed E-state index contributed by atoms with van der Waals surface area (Å²) in [5.41, 5.74) is 0. The van der Waals surface area contributed by atoms with Gasteiger partial charge in [-0.2, -0.15) is 0 Å². The summed E-state index contributed by atoms with van der Waals surface area (Å²) in [5.74, 6) is -3.72. The van der Waals surface area contributed by atoms with Crippen LogP contribution in [0.15, 0.2) is 0 Å². The first kappa shape index (κ1) is 11.6. The van der Waals surface area contributed by atoms with E-state index in [1.54, 1.807) is 6.92 Å². The van der Waals surface area contributed by atoms with Crippen LogP contribution in [-0.2, 0) is 23.9 Å². The Bertz CT molecular complexity index is 221. The third-order valence-corrected chi connectivity index (χ3v) is 1.42. The number of methoxy groups -OCH3 is 1. The van der Waals surface area contributed by atoms with Gasteiger partial charge in [0, 0.05) is 0 Å². The molecule has 0 aliphatic carbocycles. The second-order valence-electron chi connectivity index (χ2n) is 2.33. The number of rotatable bonds is 4. The molecule has 1 unspecified atom stereocenters. The van der Waals surface area contributed by atoms with E-state index in [1.807, 2.05) is 0 Å². The lowest BCUT2D eigenvalue weighted by molar-refractivity contribution is -0.160. The number of hydrogen-bond donors (Lipinski definition) is 0. The van der Waals surface area contributed by atoms with E-state index in [4.69, 9.17) is 0 Å². The standard InChI is InChI=1S/C8H12O5/c1-4-13-7(10)5(2)6(9)8(11)12-3/h5H,4H2,1-3H3. The highest BCUT2D eigenvalue weighted by molar-refractivity contribution is 6.37. The van der Waals surface area contributed by atoms with Crippen molar-refractivity contribution in [1.29, 1.82) is 0 Å². The van der Waals surface area contributed by atoms with Crippen LogP contribution in [0, 0.1) is 5.92 Å². The van der Waals surface area contributed by atoms with Gasteiger partial charge in [-0.1, -0.05) is 0 Å². The van der Waals surface area contributed by atoms with E-state index in [0.29, 0.717) is 0 Å². The number of hydrogen-bond acceptors (Lipinski definition) is 5. The van der Waals surface area contributed by atoms with Crippen LogP contribution in [0.3, 0.4) is 0 Å². The van der Waals surface area contributed by atoms with Gasteiger partial charge >= 0.3 is 11.9 Å². The molecule has 1 atom stereocenters. The summed E-state index contributed by atoms with van der Waals surface area (Å²) in [4.78, 5) is 32.7. The molecule has 0 heterocycles. The summed E-state index contributed by atoms with van der Waals surface area (Å²) in [7, 11) is 1.08. The molecule has 0 N–H and O–H groups in total. The molecule has 0 saturated heterocycles. The van der Waals surface area contributed by atoms with E-state index in [0.717, 1.165) is 7.11 Å². The van der Waals surface area contributed by atoms with Crippen LogP contribution in [0.5, 0.6) is 0 Å². The van der Waals surface area contributed by atoms with Gasteiger partial charge in [0.2, 0.25) is 0 Å². The first-order chi connectivity index (χ1) is 6.04. The minimum absolute atomic E-state index is 0.178. The first-order valence-electron chi connectivity index (χ1n) is 3.83. The smallest absolute Gasteiger partial charge is 0.375 e. The van der Waals surface area contributed by atoms with Gasteiger partial charge in [0.25, 0.3) is 5.78 Å².